The van der Waals surface area contributed by atoms with E-state index in [-0.39, 0.29) is 5.96 Å². The van der Waals surface area contributed by atoms with Gasteiger partial charge in [0.15, 0.2) is 5.96 Å². The van der Waals surface area contributed by atoms with E-state index in [4.69, 9.17) is 15.3 Å². The van der Waals surface area contributed by atoms with Gasteiger partial charge in [-0.05, 0) is 25.9 Å². The Morgan fingerprint density at radius 3 is 1.64 bits per heavy atom. The van der Waals surface area contributed by atoms with E-state index in [0.717, 1.165) is 6.92 Å². The molecule has 1 aliphatic rings. The zero-order valence-corrected chi connectivity index (χ0v) is 8.55. The average Bonchev–Trinajstić information content (AvgIpc) is 2.05. The van der Waals surface area contributed by atoms with Crippen LogP contribution in [0.3, 0.4) is 0 Å². The van der Waals surface area contributed by atoms with E-state index in [9.17, 15) is 0 Å². The van der Waals surface area contributed by atoms with Crippen LogP contribution in [0.1, 0.15) is 26.2 Å². The lowest BCUT2D eigenvalue weighted by atomic mass is 10.2. The molecule has 1 heterocycles. The van der Waals surface area contributed by atoms with Gasteiger partial charge in [0.2, 0.25) is 0 Å². The van der Waals surface area contributed by atoms with Gasteiger partial charge in [-0.15, -0.1) is 0 Å². The predicted molar refractivity (Wildman–Crippen MR) is 56.1 cm³/mol. The number of rotatable bonds is 0. The Bertz CT molecular complexity index is 126. The third-order valence-electron chi connectivity index (χ3n) is 1.21. The normalized spacial score (nSPS) is 13.8. The van der Waals surface area contributed by atoms with E-state index in [1.54, 1.807) is 0 Å². The van der Waals surface area contributed by atoms with Crippen LogP contribution in [0.4, 0.5) is 0 Å². The summed E-state index contributed by atoms with van der Waals surface area (Å²) >= 11 is 0. The molecule has 0 saturated carbocycles. The molecule has 0 aromatic carbocycles. The first-order valence-corrected chi connectivity index (χ1v) is 4.46. The molecule has 0 amide bonds. The van der Waals surface area contributed by atoms with Crippen LogP contribution in [-0.4, -0.2) is 30.1 Å². The van der Waals surface area contributed by atoms with E-state index >= 15 is 0 Å². The smallest absolute Gasteiger partial charge is 0.300 e. The van der Waals surface area contributed by atoms with Gasteiger partial charge in [0.25, 0.3) is 5.97 Å². The molecule has 0 aromatic heterocycles. The second-order valence-corrected chi connectivity index (χ2v) is 2.79. The van der Waals surface area contributed by atoms with Crippen LogP contribution in [0.15, 0.2) is 0 Å². The molecular weight excluding hydrogens is 184 g/mol. The molecule has 0 unspecified atom stereocenters. The summed E-state index contributed by atoms with van der Waals surface area (Å²) in [5, 5.41) is 16.8. The number of hydrogen-bond donors (Lipinski definition) is 5. The zero-order chi connectivity index (χ0) is 11.4. The molecule has 0 aromatic rings. The monoisotopic (exact) mass is 204 g/mol. The molecule has 1 saturated heterocycles. The highest BCUT2D eigenvalue weighted by Crippen LogP contribution is 1.96. The molecule has 0 atom stereocenters. The summed E-state index contributed by atoms with van der Waals surface area (Å²) in [5.74, 6) is -1.17. The van der Waals surface area contributed by atoms with Crippen molar-refractivity contribution < 1.29 is 9.90 Å². The molecule has 7 N–H and O–H groups in total. The van der Waals surface area contributed by atoms with E-state index in [2.05, 4.69) is 16.8 Å². The van der Waals surface area contributed by atoms with Gasteiger partial charge in [-0.3, -0.25) is 10.2 Å². The number of nitrogens with one attached hydrogen (secondary N) is 2. The minimum absolute atomic E-state index is 0.333. The molecule has 6 nitrogen and oxygen atoms in total. The Morgan fingerprint density at radius 1 is 1.29 bits per heavy atom. The van der Waals surface area contributed by atoms with Crippen LogP contribution in [0, 0.1) is 5.41 Å². The standard InChI is InChI=1S/C5H11N.C2H4O2.CH5N3/c1-2-4-6-5-3-1;1-2(3)4;2-1(3)4/h6H,1-5H2;1H3,(H,3,4);(H5,2,3,4). The first kappa shape index (κ1) is 15.2. The maximum atomic E-state index is 9.00. The highest BCUT2D eigenvalue weighted by atomic mass is 16.4. The molecule has 1 fully saturated rings. The summed E-state index contributed by atoms with van der Waals surface area (Å²) < 4.78 is 0. The first-order chi connectivity index (χ1) is 6.46. The van der Waals surface area contributed by atoms with E-state index in [1.807, 2.05) is 0 Å². The molecule has 14 heavy (non-hydrogen) atoms. The van der Waals surface area contributed by atoms with E-state index < -0.39 is 5.97 Å². The van der Waals surface area contributed by atoms with Crippen LogP contribution >= 0.6 is 0 Å². The summed E-state index contributed by atoms with van der Waals surface area (Å²) in [6.45, 7) is 3.58. The topological polar surface area (TPSA) is 125 Å². The van der Waals surface area contributed by atoms with Gasteiger partial charge < -0.3 is 21.9 Å². The van der Waals surface area contributed by atoms with Gasteiger partial charge in [-0.25, -0.2) is 0 Å². The fourth-order valence-corrected chi connectivity index (χ4v) is 0.802. The molecule has 1 rings (SSSR count). The van der Waals surface area contributed by atoms with Crippen molar-refractivity contribution in [3.8, 4) is 0 Å². The van der Waals surface area contributed by atoms with Crippen molar-refractivity contribution in [3.63, 3.8) is 0 Å². The molecule has 0 bridgehead atoms. The van der Waals surface area contributed by atoms with Crippen molar-refractivity contribution in [2.45, 2.75) is 26.2 Å². The Labute approximate surface area is 84.2 Å². The van der Waals surface area contributed by atoms with Crippen molar-refractivity contribution in [1.82, 2.24) is 5.32 Å². The van der Waals surface area contributed by atoms with E-state index in [1.165, 1.54) is 32.4 Å². The minimum atomic E-state index is -0.833. The average molecular weight is 204 g/mol. The number of carbonyl (C=O) groups is 1. The Balaban J connectivity index is 0. The van der Waals surface area contributed by atoms with Crippen molar-refractivity contribution >= 4 is 11.9 Å². The third kappa shape index (κ3) is 45.6. The van der Waals surface area contributed by atoms with E-state index in [0.29, 0.717) is 0 Å². The quantitative estimate of drug-likeness (QED) is 0.273. The van der Waals surface area contributed by atoms with Crippen molar-refractivity contribution in [2.75, 3.05) is 13.1 Å². The Morgan fingerprint density at radius 2 is 1.57 bits per heavy atom. The van der Waals surface area contributed by atoms with Crippen molar-refractivity contribution in [2.24, 2.45) is 11.5 Å². The van der Waals surface area contributed by atoms with Gasteiger partial charge in [0, 0.05) is 6.92 Å². The molecule has 84 valence electrons. The van der Waals surface area contributed by atoms with Crippen LogP contribution in [0.25, 0.3) is 0 Å². The second-order valence-electron chi connectivity index (χ2n) is 2.79. The minimum Gasteiger partial charge on any atom is -0.481 e. The van der Waals surface area contributed by atoms with Crippen LogP contribution in [-0.2, 0) is 4.79 Å². The Hall–Kier alpha value is -1.30. The maximum Gasteiger partial charge on any atom is 0.300 e. The summed E-state index contributed by atoms with van der Waals surface area (Å²) in [7, 11) is 0. The fraction of sp³-hybridized carbons (Fsp3) is 0.750. The molecule has 1 aliphatic heterocycles. The van der Waals surface area contributed by atoms with Gasteiger partial charge in [-0.1, -0.05) is 6.42 Å². The highest BCUT2D eigenvalue weighted by Gasteiger charge is 1.93. The maximum absolute atomic E-state index is 9.00. The fourth-order valence-electron chi connectivity index (χ4n) is 0.802. The van der Waals surface area contributed by atoms with Gasteiger partial charge in [0.1, 0.15) is 0 Å². The molecule has 0 radical (unpaired) electrons. The second kappa shape index (κ2) is 11.7. The number of guanidine groups is 1. The van der Waals surface area contributed by atoms with Crippen molar-refractivity contribution in [1.29, 1.82) is 5.41 Å². The lowest BCUT2D eigenvalue weighted by Gasteiger charge is -2.08. The van der Waals surface area contributed by atoms with Crippen molar-refractivity contribution in [3.05, 3.63) is 0 Å². The SMILES string of the molecule is C1CCNCC1.CC(=O)O.N=C(N)N. The molecule has 0 spiro atoms. The zero-order valence-electron chi connectivity index (χ0n) is 8.55. The number of piperidine rings is 1. The number of aliphatic carboxylic acids is 1. The van der Waals surface area contributed by atoms with Gasteiger partial charge in [0.05, 0.1) is 0 Å². The lowest BCUT2D eigenvalue weighted by molar-refractivity contribution is -0.134. The summed E-state index contributed by atoms with van der Waals surface area (Å²) in [6.07, 6.45) is 4.22. The summed E-state index contributed by atoms with van der Waals surface area (Å²) in [5.41, 5.74) is 8.94. The van der Waals surface area contributed by atoms with Crippen LogP contribution in [0.5, 0.6) is 0 Å². The lowest BCUT2D eigenvalue weighted by Crippen LogP contribution is -2.21. The molecule has 6 heteroatoms. The highest BCUT2D eigenvalue weighted by molar-refractivity contribution is 5.71. The number of carboxylic acid groups (broad SMARTS) is 1. The van der Waals surface area contributed by atoms with Gasteiger partial charge in [-0.2, -0.15) is 0 Å². The number of hydrogen-bond acceptors (Lipinski definition) is 3. The third-order valence-corrected chi connectivity index (χ3v) is 1.21. The predicted octanol–water partition coefficient (Wildman–Crippen LogP) is -0.311. The largest absolute Gasteiger partial charge is 0.481 e. The molecule has 0 aliphatic carbocycles. The summed E-state index contributed by atoms with van der Waals surface area (Å²) in [6, 6.07) is 0. The number of nitrogens with two attached hydrogens (primary N) is 2. The van der Waals surface area contributed by atoms with Crippen LogP contribution in [0.2, 0.25) is 0 Å². The summed E-state index contributed by atoms with van der Waals surface area (Å²) in [4.78, 5) is 9.00. The number of carboxylic acids is 1. The first-order valence-electron chi connectivity index (χ1n) is 4.46. The van der Waals surface area contributed by atoms with Crippen LogP contribution < -0.4 is 16.8 Å². The van der Waals surface area contributed by atoms with Gasteiger partial charge >= 0.3 is 0 Å². The molecular formula is C8H20N4O2. The Kier molecular flexibility index (Phi) is 12.7.